The van der Waals surface area contributed by atoms with Crippen molar-refractivity contribution in [3.63, 3.8) is 0 Å². The van der Waals surface area contributed by atoms with Crippen LogP contribution in [0.1, 0.15) is 44.9 Å². The first-order chi connectivity index (χ1) is 14.3. The predicted molar refractivity (Wildman–Crippen MR) is 120 cm³/mol. The van der Waals surface area contributed by atoms with Crippen molar-refractivity contribution in [3.8, 4) is 0 Å². The minimum atomic E-state index is -0.402. The van der Waals surface area contributed by atoms with E-state index in [0.29, 0.717) is 19.6 Å². The van der Waals surface area contributed by atoms with E-state index >= 15 is 0 Å². The second-order valence-electron chi connectivity index (χ2n) is 8.77. The molecule has 2 aromatic rings. The zero-order chi connectivity index (χ0) is 21.7. The Hall–Kier alpha value is -2.66. The van der Waals surface area contributed by atoms with Crippen LogP contribution in [0.25, 0.3) is 0 Å². The highest BCUT2D eigenvalue weighted by atomic mass is 16.2. The van der Waals surface area contributed by atoms with Gasteiger partial charge in [0.1, 0.15) is 0 Å². The number of carbonyl (C=O) groups excluding carboxylic acids is 2. The topological polar surface area (TPSA) is 43.9 Å². The molecule has 2 amide bonds. The maximum Gasteiger partial charge on any atom is 0.312 e. The molecule has 30 heavy (non-hydrogen) atoms. The number of likely N-dealkylation sites (N-methyl/N-ethyl adjacent to an activating group) is 1. The van der Waals surface area contributed by atoms with Gasteiger partial charge in [0.2, 0.25) is 0 Å². The second kappa shape index (κ2) is 9.43. The number of nitrogens with zero attached hydrogens (tertiary/aromatic N) is 3. The molecular weight excluding hydrogens is 374 g/mol. The smallest absolute Gasteiger partial charge is 0.312 e. The van der Waals surface area contributed by atoms with Gasteiger partial charge in [0.05, 0.1) is 6.04 Å². The van der Waals surface area contributed by atoms with Gasteiger partial charge < -0.3 is 9.80 Å². The molecule has 2 aromatic carbocycles. The van der Waals surface area contributed by atoms with Gasteiger partial charge in [-0.2, -0.15) is 0 Å². The summed E-state index contributed by atoms with van der Waals surface area (Å²) in [6, 6.07) is 21.1. The van der Waals surface area contributed by atoms with Gasteiger partial charge in [-0.25, -0.2) is 0 Å². The monoisotopic (exact) mass is 407 g/mol. The van der Waals surface area contributed by atoms with E-state index in [2.05, 4.69) is 53.4 Å². The summed E-state index contributed by atoms with van der Waals surface area (Å²) in [5, 5.41) is 0. The Morgan fingerprint density at radius 2 is 1.33 bits per heavy atom. The van der Waals surface area contributed by atoms with Crippen molar-refractivity contribution < 1.29 is 9.59 Å². The van der Waals surface area contributed by atoms with Crippen molar-refractivity contribution in [1.29, 1.82) is 0 Å². The van der Waals surface area contributed by atoms with E-state index in [9.17, 15) is 9.59 Å². The van der Waals surface area contributed by atoms with Crippen LogP contribution in [0.15, 0.2) is 60.7 Å². The van der Waals surface area contributed by atoms with Gasteiger partial charge >= 0.3 is 11.8 Å². The average Bonchev–Trinajstić information content (AvgIpc) is 2.75. The summed E-state index contributed by atoms with van der Waals surface area (Å²) in [5.74, 6) is -0.788. The molecule has 3 rings (SSSR count). The normalized spacial score (nSPS) is 15.3. The largest absolute Gasteiger partial charge is 0.332 e. The minimum Gasteiger partial charge on any atom is -0.332 e. The molecule has 5 heteroatoms. The maximum atomic E-state index is 12.9. The summed E-state index contributed by atoms with van der Waals surface area (Å²) in [7, 11) is 0. The van der Waals surface area contributed by atoms with Crippen molar-refractivity contribution in [1.82, 2.24) is 14.7 Å². The predicted octanol–water partition coefficient (Wildman–Crippen LogP) is 3.57. The average molecular weight is 408 g/mol. The van der Waals surface area contributed by atoms with Crippen LogP contribution in [0.3, 0.4) is 0 Å². The molecule has 0 aromatic heterocycles. The summed E-state index contributed by atoms with van der Waals surface area (Å²) in [4.78, 5) is 31.4. The molecular formula is C25H33N3O2. The minimum absolute atomic E-state index is 0.141. The van der Waals surface area contributed by atoms with E-state index in [0.717, 1.165) is 13.1 Å². The van der Waals surface area contributed by atoms with Crippen LogP contribution >= 0.6 is 0 Å². The first-order valence-corrected chi connectivity index (χ1v) is 10.8. The standard InChI is InChI=1S/C25H33N3O2/c1-5-28(25(2,3)4)24(30)23(29)27-18-16-26(17-19-27)22(20-12-8-6-9-13-20)21-14-10-7-11-15-21/h6-15,22H,5,16-19H2,1-4H3. The number of piperazine rings is 1. The lowest BCUT2D eigenvalue weighted by Crippen LogP contribution is -2.56. The van der Waals surface area contributed by atoms with Gasteiger partial charge in [-0.1, -0.05) is 60.7 Å². The fourth-order valence-corrected chi connectivity index (χ4v) is 4.24. The highest BCUT2D eigenvalue weighted by Gasteiger charge is 2.35. The molecule has 0 N–H and O–H groups in total. The summed E-state index contributed by atoms with van der Waals surface area (Å²) in [5.41, 5.74) is 2.11. The van der Waals surface area contributed by atoms with Crippen molar-refractivity contribution in [2.75, 3.05) is 32.7 Å². The van der Waals surface area contributed by atoms with Gasteiger partial charge in [0.25, 0.3) is 0 Å². The molecule has 0 saturated carbocycles. The summed E-state index contributed by atoms with van der Waals surface area (Å²) in [6.07, 6.45) is 0. The van der Waals surface area contributed by atoms with E-state index in [1.165, 1.54) is 11.1 Å². The zero-order valence-electron chi connectivity index (χ0n) is 18.5. The Morgan fingerprint density at radius 1 is 0.867 bits per heavy atom. The summed E-state index contributed by atoms with van der Waals surface area (Å²) < 4.78 is 0. The van der Waals surface area contributed by atoms with E-state index in [-0.39, 0.29) is 17.5 Å². The highest BCUT2D eigenvalue weighted by molar-refractivity contribution is 6.35. The zero-order valence-corrected chi connectivity index (χ0v) is 18.5. The van der Waals surface area contributed by atoms with Gasteiger partial charge in [0, 0.05) is 38.3 Å². The number of hydrogen-bond donors (Lipinski definition) is 0. The fraction of sp³-hybridized carbons (Fsp3) is 0.440. The summed E-state index contributed by atoms with van der Waals surface area (Å²) in [6.45, 7) is 10.9. The van der Waals surface area contributed by atoms with Crippen LogP contribution in [0, 0.1) is 0 Å². The van der Waals surface area contributed by atoms with E-state index in [1.54, 1.807) is 9.80 Å². The Morgan fingerprint density at radius 3 is 1.73 bits per heavy atom. The van der Waals surface area contributed by atoms with Gasteiger partial charge in [-0.3, -0.25) is 14.5 Å². The molecule has 1 saturated heterocycles. The fourth-order valence-electron chi connectivity index (χ4n) is 4.24. The molecule has 0 spiro atoms. The number of hydrogen-bond acceptors (Lipinski definition) is 3. The van der Waals surface area contributed by atoms with Crippen molar-refractivity contribution >= 4 is 11.8 Å². The van der Waals surface area contributed by atoms with E-state index in [1.807, 2.05) is 39.8 Å². The molecule has 5 nitrogen and oxygen atoms in total. The molecule has 160 valence electrons. The lowest BCUT2D eigenvalue weighted by molar-refractivity contribution is -0.155. The van der Waals surface area contributed by atoms with Gasteiger partial charge in [-0.15, -0.1) is 0 Å². The van der Waals surface area contributed by atoms with Crippen LogP contribution in [-0.4, -0.2) is 64.8 Å². The molecule has 0 unspecified atom stereocenters. The third kappa shape index (κ3) is 4.90. The van der Waals surface area contributed by atoms with Crippen molar-refractivity contribution in [2.45, 2.75) is 39.3 Å². The highest BCUT2D eigenvalue weighted by Crippen LogP contribution is 2.29. The molecule has 1 aliphatic heterocycles. The molecule has 0 atom stereocenters. The number of rotatable bonds is 4. The lowest BCUT2D eigenvalue weighted by atomic mass is 9.96. The molecule has 0 aliphatic carbocycles. The first kappa shape index (κ1) is 22.0. The Kier molecular flexibility index (Phi) is 6.93. The molecule has 1 aliphatic rings. The van der Waals surface area contributed by atoms with Crippen LogP contribution in [-0.2, 0) is 9.59 Å². The number of amides is 2. The third-order valence-electron chi connectivity index (χ3n) is 5.75. The summed E-state index contributed by atoms with van der Waals surface area (Å²) >= 11 is 0. The van der Waals surface area contributed by atoms with Gasteiger partial charge in [-0.05, 0) is 38.8 Å². The van der Waals surface area contributed by atoms with E-state index < -0.39 is 5.91 Å². The quantitative estimate of drug-likeness (QED) is 0.728. The lowest BCUT2D eigenvalue weighted by Gasteiger charge is -2.41. The number of benzene rings is 2. The Balaban J connectivity index is 1.73. The third-order valence-corrected chi connectivity index (χ3v) is 5.75. The SMILES string of the molecule is CCN(C(=O)C(=O)N1CCN(C(c2ccccc2)c2ccccc2)CC1)C(C)(C)C. The van der Waals surface area contributed by atoms with Crippen molar-refractivity contribution in [2.24, 2.45) is 0 Å². The van der Waals surface area contributed by atoms with E-state index in [4.69, 9.17) is 0 Å². The first-order valence-electron chi connectivity index (χ1n) is 10.8. The van der Waals surface area contributed by atoms with Crippen molar-refractivity contribution in [3.05, 3.63) is 71.8 Å². The number of carbonyl (C=O) groups is 2. The van der Waals surface area contributed by atoms with Crippen LogP contribution in [0.5, 0.6) is 0 Å². The Bertz CT molecular complexity index is 798. The van der Waals surface area contributed by atoms with Crippen LogP contribution < -0.4 is 0 Å². The molecule has 0 radical (unpaired) electrons. The molecule has 1 fully saturated rings. The molecule has 1 heterocycles. The second-order valence-corrected chi connectivity index (χ2v) is 8.77. The van der Waals surface area contributed by atoms with Gasteiger partial charge in [0.15, 0.2) is 0 Å². The van der Waals surface area contributed by atoms with Crippen LogP contribution in [0.4, 0.5) is 0 Å². The maximum absolute atomic E-state index is 12.9. The van der Waals surface area contributed by atoms with Crippen LogP contribution in [0.2, 0.25) is 0 Å². The molecule has 0 bridgehead atoms. The Labute approximate surface area is 180 Å².